The number of thiophene rings is 1. The van der Waals surface area contributed by atoms with E-state index in [0.717, 1.165) is 28.0 Å². The van der Waals surface area contributed by atoms with E-state index in [4.69, 9.17) is 0 Å². The summed E-state index contributed by atoms with van der Waals surface area (Å²) in [5.41, 5.74) is 3.64. The highest BCUT2D eigenvalue weighted by molar-refractivity contribution is 7.14. The first kappa shape index (κ1) is 14.7. The van der Waals surface area contributed by atoms with Crippen molar-refractivity contribution in [2.75, 3.05) is 5.32 Å². The molecule has 3 aromatic heterocycles. The molecule has 3 heterocycles. The number of amides is 1. The largest absolute Gasteiger partial charge is 0.320 e. The molecule has 0 radical (unpaired) electrons. The molecule has 5 nitrogen and oxygen atoms in total. The van der Waals surface area contributed by atoms with Gasteiger partial charge in [-0.3, -0.25) is 9.48 Å². The van der Waals surface area contributed by atoms with Crippen molar-refractivity contribution >= 4 is 34.0 Å². The number of carbonyl (C=O) groups is 1. The normalized spacial score (nSPS) is 11.1. The third kappa shape index (κ3) is 2.50. The molecule has 0 aliphatic heterocycles. The van der Waals surface area contributed by atoms with Crippen LogP contribution < -0.4 is 5.32 Å². The Hall–Kier alpha value is -2.21. The molecule has 3 rings (SSSR count). The summed E-state index contributed by atoms with van der Waals surface area (Å²) in [4.78, 5) is 18.7. The Kier molecular flexibility index (Phi) is 3.70. The number of fused-ring (bicyclic) bond motifs is 1. The van der Waals surface area contributed by atoms with Crippen LogP contribution in [-0.2, 0) is 13.5 Å². The molecule has 0 aromatic carbocycles. The summed E-state index contributed by atoms with van der Waals surface area (Å²) in [6.45, 7) is 6.08. The highest BCUT2D eigenvalue weighted by Gasteiger charge is 2.13. The van der Waals surface area contributed by atoms with Gasteiger partial charge in [0.2, 0.25) is 0 Å². The number of aryl methyl sites for hydroxylation is 4. The molecule has 0 aliphatic rings. The Labute approximate surface area is 133 Å². The topological polar surface area (TPSA) is 59.8 Å². The van der Waals surface area contributed by atoms with E-state index < -0.39 is 0 Å². The quantitative estimate of drug-likeness (QED) is 0.805. The zero-order valence-electron chi connectivity index (χ0n) is 13.1. The Bertz CT molecular complexity index is 863. The van der Waals surface area contributed by atoms with E-state index in [2.05, 4.69) is 22.3 Å². The number of aromatic nitrogens is 3. The Morgan fingerprint density at radius 2 is 2.14 bits per heavy atom. The fraction of sp³-hybridized carbons (Fsp3) is 0.312. The maximum absolute atomic E-state index is 12.4. The molecule has 0 bridgehead atoms. The first-order valence-corrected chi connectivity index (χ1v) is 8.01. The molecule has 1 amide bonds. The van der Waals surface area contributed by atoms with Gasteiger partial charge in [-0.25, -0.2) is 4.98 Å². The van der Waals surface area contributed by atoms with Gasteiger partial charge >= 0.3 is 0 Å². The zero-order valence-corrected chi connectivity index (χ0v) is 13.9. The summed E-state index contributed by atoms with van der Waals surface area (Å²) in [7, 11) is 1.86. The van der Waals surface area contributed by atoms with Gasteiger partial charge in [-0.1, -0.05) is 6.92 Å². The van der Waals surface area contributed by atoms with Crippen LogP contribution in [0.2, 0.25) is 0 Å². The molecule has 22 heavy (non-hydrogen) atoms. The van der Waals surface area contributed by atoms with Crippen LogP contribution in [0.25, 0.3) is 11.0 Å². The third-order valence-corrected chi connectivity index (χ3v) is 4.84. The van der Waals surface area contributed by atoms with E-state index in [1.807, 2.05) is 33.0 Å². The monoisotopic (exact) mass is 314 g/mol. The van der Waals surface area contributed by atoms with Crippen molar-refractivity contribution in [1.82, 2.24) is 14.8 Å². The van der Waals surface area contributed by atoms with Gasteiger partial charge in [0.1, 0.15) is 0 Å². The SMILES string of the molecule is CCc1cc(C(=O)Nc2cnc3c(c2)c(C)nn3C)sc1C. The molecule has 0 spiro atoms. The van der Waals surface area contributed by atoms with Crippen LogP contribution in [0.1, 0.15) is 32.7 Å². The van der Waals surface area contributed by atoms with Gasteiger partial charge in [0.15, 0.2) is 5.65 Å². The fourth-order valence-corrected chi connectivity index (χ4v) is 3.56. The Morgan fingerprint density at radius 1 is 1.36 bits per heavy atom. The van der Waals surface area contributed by atoms with Crippen LogP contribution in [0.4, 0.5) is 5.69 Å². The Balaban J connectivity index is 1.88. The number of nitrogens with zero attached hydrogens (tertiary/aromatic N) is 3. The molecule has 0 saturated carbocycles. The van der Waals surface area contributed by atoms with Gasteiger partial charge in [0.05, 0.1) is 22.5 Å². The molecule has 0 fully saturated rings. The van der Waals surface area contributed by atoms with E-state index in [9.17, 15) is 4.79 Å². The lowest BCUT2D eigenvalue weighted by Crippen LogP contribution is -2.10. The Morgan fingerprint density at radius 3 is 2.82 bits per heavy atom. The standard InChI is InChI=1S/C16H18N4OS/c1-5-11-6-14(22-10(11)3)16(21)18-12-7-13-9(2)19-20(4)15(13)17-8-12/h6-8H,5H2,1-4H3,(H,18,21). The van der Waals surface area contributed by atoms with E-state index in [1.165, 1.54) is 21.8 Å². The number of carbonyl (C=O) groups excluding carboxylic acids is 1. The number of anilines is 1. The van der Waals surface area contributed by atoms with Gasteiger partial charge in [-0.05, 0) is 38.0 Å². The molecular weight excluding hydrogens is 296 g/mol. The van der Waals surface area contributed by atoms with Gasteiger partial charge in [0.25, 0.3) is 5.91 Å². The predicted octanol–water partition coefficient (Wildman–Crippen LogP) is 3.46. The first-order chi connectivity index (χ1) is 10.5. The molecule has 0 unspecified atom stereocenters. The van der Waals surface area contributed by atoms with Gasteiger partial charge in [-0.15, -0.1) is 11.3 Å². The predicted molar refractivity (Wildman–Crippen MR) is 89.6 cm³/mol. The molecular formula is C16H18N4OS. The second kappa shape index (κ2) is 5.53. The van der Waals surface area contributed by atoms with Crippen LogP contribution in [0.15, 0.2) is 18.3 Å². The molecule has 0 atom stereocenters. The van der Waals surface area contributed by atoms with Crippen molar-refractivity contribution in [3.63, 3.8) is 0 Å². The molecule has 0 aliphatic carbocycles. The van der Waals surface area contributed by atoms with Crippen molar-refractivity contribution in [3.05, 3.63) is 39.3 Å². The molecule has 0 saturated heterocycles. The lowest BCUT2D eigenvalue weighted by molar-refractivity contribution is 0.103. The summed E-state index contributed by atoms with van der Waals surface area (Å²) in [6, 6.07) is 3.89. The minimum Gasteiger partial charge on any atom is -0.320 e. The van der Waals surface area contributed by atoms with Crippen molar-refractivity contribution in [2.24, 2.45) is 7.05 Å². The summed E-state index contributed by atoms with van der Waals surface area (Å²) in [6.07, 6.45) is 2.61. The van der Waals surface area contributed by atoms with E-state index >= 15 is 0 Å². The van der Waals surface area contributed by atoms with Crippen molar-refractivity contribution in [3.8, 4) is 0 Å². The highest BCUT2D eigenvalue weighted by Crippen LogP contribution is 2.24. The van der Waals surface area contributed by atoms with Crippen molar-refractivity contribution < 1.29 is 4.79 Å². The maximum atomic E-state index is 12.4. The summed E-state index contributed by atoms with van der Waals surface area (Å²) >= 11 is 1.53. The van der Waals surface area contributed by atoms with Crippen LogP contribution in [0.5, 0.6) is 0 Å². The van der Waals surface area contributed by atoms with Crippen LogP contribution in [-0.4, -0.2) is 20.7 Å². The number of hydrogen-bond donors (Lipinski definition) is 1. The zero-order chi connectivity index (χ0) is 15.9. The minimum absolute atomic E-state index is 0.0875. The summed E-state index contributed by atoms with van der Waals surface area (Å²) in [5, 5.41) is 8.22. The average Bonchev–Trinajstić information content (AvgIpc) is 3.00. The summed E-state index contributed by atoms with van der Waals surface area (Å²) in [5.74, 6) is -0.0875. The number of pyridine rings is 1. The van der Waals surface area contributed by atoms with Crippen molar-refractivity contribution in [1.29, 1.82) is 0 Å². The second-order valence-corrected chi connectivity index (χ2v) is 6.56. The molecule has 3 aromatic rings. The minimum atomic E-state index is -0.0875. The van der Waals surface area contributed by atoms with Crippen molar-refractivity contribution in [2.45, 2.75) is 27.2 Å². The molecule has 114 valence electrons. The lowest BCUT2D eigenvalue weighted by Gasteiger charge is -2.03. The fourth-order valence-electron chi connectivity index (χ4n) is 2.55. The lowest BCUT2D eigenvalue weighted by atomic mass is 10.2. The highest BCUT2D eigenvalue weighted by atomic mass is 32.1. The number of rotatable bonds is 3. The average molecular weight is 314 g/mol. The van der Waals surface area contributed by atoms with Crippen LogP contribution in [0.3, 0.4) is 0 Å². The van der Waals surface area contributed by atoms with Gasteiger partial charge in [0, 0.05) is 17.3 Å². The van der Waals surface area contributed by atoms with E-state index in [-0.39, 0.29) is 5.91 Å². The molecule has 6 heteroatoms. The summed E-state index contributed by atoms with van der Waals surface area (Å²) < 4.78 is 1.74. The maximum Gasteiger partial charge on any atom is 0.265 e. The van der Waals surface area contributed by atoms with Crippen LogP contribution in [0, 0.1) is 13.8 Å². The van der Waals surface area contributed by atoms with E-state index in [0.29, 0.717) is 5.69 Å². The smallest absolute Gasteiger partial charge is 0.265 e. The number of hydrogen-bond acceptors (Lipinski definition) is 4. The van der Waals surface area contributed by atoms with Gasteiger partial charge < -0.3 is 5.32 Å². The molecule has 1 N–H and O–H groups in total. The van der Waals surface area contributed by atoms with E-state index in [1.54, 1.807) is 10.9 Å². The third-order valence-electron chi connectivity index (χ3n) is 3.75. The second-order valence-electron chi connectivity index (χ2n) is 5.30. The van der Waals surface area contributed by atoms with Crippen LogP contribution >= 0.6 is 11.3 Å². The van der Waals surface area contributed by atoms with Gasteiger partial charge in [-0.2, -0.15) is 5.10 Å². The first-order valence-electron chi connectivity index (χ1n) is 7.19. The number of nitrogens with one attached hydrogen (secondary N) is 1.